The maximum absolute atomic E-state index is 13.3. The summed E-state index contributed by atoms with van der Waals surface area (Å²) in [7, 11) is 0. The van der Waals surface area contributed by atoms with Gasteiger partial charge in [-0.3, -0.25) is 9.69 Å². The number of ether oxygens (including phenoxy) is 1. The van der Waals surface area contributed by atoms with E-state index in [1.165, 1.54) is 6.42 Å². The molecule has 8 nitrogen and oxygen atoms in total. The van der Waals surface area contributed by atoms with Gasteiger partial charge in [-0.05, 0) is 79.1 Å². The summed E-state index contributed by atoms with van der Waals surface area (Å²) in [4.78, 5) is 18.7. The number of piperidine rings is 1. The number of tetrazole rings is 1. The zero-order valence-electron chi connectivity index (χ0n) is 18.3. The average Bonchev–Trinajstić information content (AvgIpc) is 3.42. The molecule has 0 radical (unpaired) electrons. The largest absolute Gasteiger partial charge is 0.376 e. The van der Waals surface area contributed by atoms with Crippen LogP contribution in [0, 0.1) is 12.8 Å². The van der Waals surface area contributed by atoms with Crippen LogP contribution >= 0.6 is 0 Å². The molecule has 2 aliphatic rings. The van der Waals surface area contributed by atoms with E-state index in [0.29, 0.717) is 18.0 Å². The molecule has 1 N–H and O–H groups in total. The topological polar surface area (TPSA) is 88.9 Å². The van der Waals surface area contributed by atoms with Crippen molar-refractivity contribution in [3.8, 4) is 0 Å². The Labute approximate surface area is 181 Å². The number of nitrogens with one attached hydrogen (secondary N) is 1. The number of H-pyrrole nitrogens is 1. The smallest absolute Gasteiger partial charge is 0.253 e. The van der Waals surface area contributed by atoms with Crippen LogP contribution in [-0.2, 0) is 11.3 Å². The monoisotopic (exact) mass is 422 g/mol. The molecule has 0 spiro atoms. The summed E-state index contributed by atoms with van der Waals surface area (Å²) in [5.41, 5.74) is 2.64. The van der Waals surface area contributed by atoms with Gasteiger partial charge in [-0.2, -0.15) is 0 Å². The molecule has 2 aromatic heterocycles. The Morgan fingerprint density at radius 1 is 1.26 bits per heavy atom. The summed E-state index contributed by atoms with van der Waals surface area (Å²) in [5.74, 6) is 1.29. The van der Waals surface area contributed by atoms with Crippen LogP contribution in [0.15, 0.2) is 29.1 Å². The van der Waals surface area contributed by atoms with Crippen LogP contribution < -0.4 is 5.56 Å². The highest BCUT2D eigenvalue weighted by molar-refractivity contribution is 5.79. The summed E-state index contributed by atoms with van der Waals surface area (Å²) in [6.45, 7) is 7.59. The quantitative estimate of drug-likeness (QED) is 0.680. The van der Waals surface area contributed by atoms with Gasteiger partial charge in [0.15, 0.2) is 5.82 Å². The van der Waals surface area contributed by atoms with Gasteiger partial charge >= 0.3 is 0 Å². The minimum Gasteiger partial charge on any atom is -0.376 e. The van der Waals surface area contributed by atoms with Crippen molar-refractivity contribution in [3.63, 3.8) is 0 Å². The number of hydrogen-bond donors (Lipinski definition) is 1. The summed E-state index contributed by atoms with van der Waals surface area (Å²) in [6, 6.07) is 7.84. The Morgan fingerprint density at radius 2 is 2.16 bits per heavy atom. The van der Waals surface area contributed by atoms with Gasteiger partial charge in [0.05, 0.1) is 12.6 Å². The maximum atomic E-state index is 13.3. The lowest BCUT2D eigenvalue weighted by Crippen LogP contribution is -2.41. The van der Waals surface area contributed by atoms with Gasteiger partial charge in [-0.1, -0.05) is 18.6 Å². The third kappa shape index (κ3) is 4.14. The fraction of sp³-hybridized carbons (Fsp3) is 0.565. The number of aromatic nitrogens is 5. The van der Waals surface area contributed by atoms with Gasteiger partial charge in [-0.25, -0.2) is 4.68 Å². The number of benzene rings is 1. The summed E-state index contributed by atoms with van der Waals surface area (Å²) in [5, 5.41) is 13.7. The van der Waals surface area contributed by atoms with E-state index in [0.717, 1.165) is 61.2 Å². The zero-order valence-corrected chi connectivity index (χ0v) is 18.3. The van der Waals surface area contributed by atoms with Gasteiger partial charge in [0.1, 0.15) is 6.04 Å². The second-order valence-corrected chi connectivity index (χ2v) is 9.14. The van der Waals surface area contributed by atoms with Gasteiger partial charge in [0, 0.05) is 24.2 Å². The molecule has 8 heteroatoms. The van der Waals surface area contributed by atoms with E-state index in [1.54, 1.807) is 0 Å². The second-order valence-electron chi connectivity index (χ2n) is 9.14. The first-order valence-electron chi connectivity index (χ1n) is 11.3. The highest BCUT2D eigenvalue weighted by Gasteiger charge is 2.33. The third-order valence-electron chi connectivity index (χ3n) is 6.58. The second kappa shape index (κ2) is 8.51. The van der Waals surface area contributed by atoms with Crippen LogP contribution in [0.2, 0.25) is 0 Å². The lowest BCUT2D eigenvalue weighted by Gasteiger charge is -2.36. The van der Waals surface area contributed by atoms with E-state index >= 15 is 0 Å². The number of pyridine rings is 1. The first-order valence-corrected chi connectivity index (χ1v) is 11.3. The lowest BCUT2D eigenvalue weighted by molar-refractivity contribution is 0.0889. The fourth-order valence-corrected chi connectivity index (χ4v) is 5.02. The molecule has 4 heterocycles. The van der Waals surface area contributed by atoms with Crippen molar-refractivity contribution < 1.29 is 4.74 Å². The van der Waals surface area contributed by atoms with Crippen molar-refractivity contribution in [1.82, 2.24) is 30.1 Å². The Kier molecular flexibility index (Phi) is 5.58. The first-order chi connectivity index (χ1) is 15.1. The normalized spacial score (nSPS) is 23.4. The Morgan fingerprint density at radius 3 is 2.97 bits per heavy atom. The highest BCUT2D eigenvalue weighted by Crippen LogP contribution is 2.31. The van der Waals surface area contributed by atoms with Crippen LogP contribution in [0.4, 0.5) is 0 Å². The number of nitrogens with zero attached hydrogens (tertiary/aromatic N) is 5. The van der Waals surface area contributed by atoms with Crippen LogP contribution in [0.3, 0.4) is 0 Å². The molecule has 0 saturated carbocycles. The van der Waals surface area contributed by atoms with E-state index in [2.05, 4.69) is 45.3 Å². The van der Waals surface area contributed by atoms with Gasteiger partial charge in [0.2, 0.25) is 0 Å². The minimum absolute atomic E-state index is 0.0776. The molecular weight excluding hydrogens is 392 g/mol. The standard InChI is InChI=1S/C23H30N6O2/c1-15-7-8-20-17(11-15)12-19(23(30)24-20)21(28-9-3-5-16(2)13-28)22-25-26-27-29(22)14-18-6-4-10-31-18/h7-8,11-12,16,18,21H,3-6,9-10,13-14H2,1-2H3,(H,24,30)/t16-,18+,21-/m1/s1. The Bertz CT molecular complexity index is 1120. The number of likely N-dealkylation sites (tertiary alicyclic amines) is 1. The van der Waals surface area contributed by atoms with Crippen molar-refractivity contribution in [2.24, 2.45) is 5.92 Å². The first kappa shape index (κ1) is 20.3. The molecule has 0 unspecified atom stereocenters. The van der Waals surface area contributed by atoms with Gasteiger partial charge in [0.25, 0.3) is 5.56 Å². The molecule has 0 bridgehead atoms. The Hall–Kier alpha value is -2.58. The van der Waals surface area contributed by atoms with Gasteiger partial charge in [-0.15, -0.1) is 5.10 Å². The molecule has 31 heavy (non-hydrogen) atoms. The summed E-state index contributed by atoms with van der Waals surface area (Å²) < 4.78 is 7.67. The van der Waals surface area contributed by atoms with E-state index in [1.807, 2.05) is 22.9 Å². The highest BCUT2D eigenvalue weighted by atomic mass is 16.5. The van der Waals surface area contributed by atoms with E-state index in [4.69, 9.17) is 4.74 Å². The molecule has 3 aromatic rings. The lowest BCUT2D eigenvalue weighted by atomic mass is 9.95. The molecule has 0 amide bonds. The predicted molar refractivity (Wildman–Crippen MR) is 118 cm³/mol. The number of aryl methyl sites for hydroxylation is 1. The van der Waals surface area contributed by atoms with Crippen LogP contribution in [0.25, 0.3) is 10.9 Å². The van der Waals surface area contributed by atoms with E-state index < -0.39 is 0 Å². The molecule has 1 aromatic carbocycles. The van der Waals surface area contributed by atoms with Crippen molar-refractivity contribution in [2.75, 3.05) is 19.7 Å². The summed E-state index contributed by atoms with van der Waals surface area (Å²) >= 11 is 0. The molecule has 2 fully saturated rings. The Balaban J connectivity index is 1.60. The van der Waals surface area contributed by atoms with E-state index in [9.17, 15) is 4.79 Å². The van der Waals surface area contributed by atoms with Crippen LogP contribution in [-0.4, -0.2) is 55.9 Å². The van der Waals surface area contributed by atoms with Crippen molar-refractivity contribution >= 4 is 10.9 Å². The molecule has 3 atom stereocenters. The molecular formula is C23H30N6O2. The predicted octanol–water partition coefficient (Wildman–Crippen LogP) is 2.82. The average molecular weight is 423 g/mol. The zero-order chi connectivity index (χ0) is 21.4. The third-order valence-corrected chi connectivity index (χ3v) is 6.58. The SMILES string of the molecule is Cc1ccc2[nH]c(=O)c([C@H](c3nnnn3C[C@@H]3CCCO3)N3CCC[C@@H](C)C3)cc2c1. The van der Waals surface area contributed by atoms with Crippen molar-refractivity contribution in [3.05, 3.63) is 51.6 Å². The molecule has 2 saturated heterocycles. The van der Waals surface area contributed by atoms with Crippen LogP contribution in [0.5, 0.6) is 0 Å². The molecule has 0 aliphatic carbocycles. The van der Waals surface area contributed by atoms with Crippen molar-refractivity contribution in [1.29, 1.82) is 0 Å². The van der Waals surface area contributed by atoms with Crippen molar-refractivity contribution in [2.45, 2.75) is 58.2 Å². The van der Waals surface area contributed by atoms with Gasteiger partial charge < -0.3 is 9.72 Å². The molecule has 164 valence electrons. The minimum atomic E-state index is -0.284. The molecule has 5 rings (SSSR count). The van der Waals surface area contributed by atoms with Crippen LogP contribution in [0.1, 0.15) is 55.6 Å². The molecule has 2 aliphatic heterocycles. The maximum Gasteiger partial charge on any atom is 0.253 e. The fourth-order valence-electron chi connectivity index (χ4n) is 5.02. The summed E-state index contributed by atoms with van der Waals surface area (Å²) in [6.07, 6.45) is 4.52. The number of hydrogen-bond acceptors (Lipinski definition) is 6. The number of fused-ring (bicyclic) bond motifs is 1. The number of aromatic amines is 1. The number of rotatable bonds is 5. The van der Waals surface area contributed by atoms with E-state index in [-0.39, 0.29) is 17.7 Å².